The van der Waals surface area contributed by atoms with Crippen molar-refractivity contribution >= 4 is 6.21 Å². The Morgan fingerprint density at radius 2 is 1.69 bits per heavy atom. The van der Waals surface area contributed by atoms with Crippen LogP contribution in [0.1, 0.15) is 5.56 Å². The molecule has 132 valence electrons. The van der Waals surface area contributed by atoms with Gasteiger partial charge >= 0.3 is 0 Å². The molecule has 0 atom stereocenters. The number of rotatable bonds is 4. The molecule has 0 N–H and O–H groups in total. The maximum atomic E-state index is 4.80. The standard InChI is InChI=1S/C20H22N6/c1-24-11-13-25(14-12-24)22-15-18-16-26(19-5-3-2-4-6-19)23-20(18)17-7-9-21-10-8-17/h2-10,15-16H,11-14H2,1H3/b22-15-. The number of hydrogen-bond acceptors (Lipinski definition) is 5. The van der Waals surface area contributed by atoms with Gasteiger partial charge in [-0.2, -0.15) is 10.2 Å². The summed E-state index contributed by atoms with van der Waals surface area (Å²) in [7, 11) is 2.15. The van der Waals surface area contributed by atoms with Crippen molar-refractivity contribution in [1.82, 2.24) is 24.7 Å². The van der Waals surface area contributed by atoms with Gasteiger partial charge in [0.15, 0.2) is 0 Å². The Kier molecular flexibility index (Phi) is 4.75. The van der Waals surface area contributed by atoms with Crippen molar-refractivity contribution in [1.29, 1.82) is 0 Å². The largest absolute Gasteiger partial charge is 0.303 e. The summed E-state index contributed by atoms with van der Waals surface area (Å²) in [5.74, 6) is 0. The number of hydrazone groups is 1. The van der Waals surface area contributed by atoms with Crippen LogP contribution in [0, 0.1) is 0 Å². The van der Waals surface area contributed by atoms with Gasteiger partial charge in [0.05, 0.1) is 11.9 Å². The molecule has 0 aliphatic carbocycles. The molecular weight excluding hydrogens is 324 g/mol. The molecule has 1 aromatic carbocycles. The van der Waals surface area contributed by atoms with Crippen LogP contribution < -0.4 is 0 Å². The molecule has 0 bridgehead atoms. The second kappa shape index (κ2) is 7.49. The van der Waals surface area contributed by atoms with Crippen LogP contribution in [0.15, 0.2) is 66.2 Å². The van der Waals surface area contributed by atoms with Crippen LogP contribution in [-0.4, -0.2) is 64.1 Å². The Morgan fingerprint density at radius 1 is 0.962 bits per heavy atom. The minimum absolute atomic E-state index is 0.911. The lowest BCUT2D eigenvalue weighted by Crippen LogP contribution is -2.41. The molecule has 6 nitrogen and oxygen atoms in total. The fourth-order valence-corrected chi connectivity index (χ4v) is 2.98. The van der Waals surface area contributed by atoms with E-state index in [1.54, 1.807) is 12.4 Å². The van der Waals surface area contributed by atoms with Crippen molar-refractivity contribution in [2.75, 3.05) is 33.2 Å². The van der Waals surface area contributed by atoms with Crippen LogP contribution in [0.4, 0.5) is 0 Å². The molecule has 6 heteroatoms. The first-order valence-corrected chi connectivity index (χ1v) is 8.82. The highest BCUT2D eigenvalue weighted by Gasteiger charge is 2.13. The minimum atomic E-state index is 0.911. The van der Waals surface area contributed by atoms with E-state index in [2.05, 4.69) is 21.9 Å². The van der Waals surface area contributed by atoms with E-state index >= 15 is 0 Å². The SMILES string of the molecule is CN1CCN(/N=C\c2cn(-c3ccccc3)nc2-c2ccncc2)CC1. The van der Waals surface area contributed by atoms with Crippen LogP contribution in [0.3, 0.4) is 0 Å². The van der Waals surface area contributed by atoms with Gasteiger partial charge in [-0.1, -0.05) is 18.2 Å². The maximum Gasteiger partial charge on any atom is 0.102 e. The normalized spacial score (nSPS) is 15.7. The number of pyridine rings is 1. The topological polar surface area (TPSA) is 49.5 Å². The monoisotopic (exact) mass is 346 g/mol. The van der Waals surface area contributed by atoms with Crippen molar-refractivity contribution in [2.24, 2.45) is 5.10 Å². The minimum Gasteiger partial charge on any atom is -0.303 e. The van der Waals surface area contributed by atoms with Crippen molar-refractivity contribution in [3.8, 4) is 16.9 Å². The third kappa shape index (κ3) is 3.65. The van der Waals surface area contributed by atoms with E-state index in [0.717, 1.165) is 48.7 Å². The van der Waals surface area contributed by atoms with E-state index in [1.165, 1.54) is 0 Å². The summed E-state index contributed by atoms with van der Waals surface area (Å²) >= 11 is 0. The van der Waals surface area contributed by atoms with Crippen molar-refractivity contribution < 1.29 is 0 Å². The van der Waals surface area contributed by atoms with Gasteiger partial charge in [-0.15, -0.1) is 0 Å². The van der Waals surface area contributed by atoms with Crippen molar-refractivity contribution in [3.05, 3.63) is 66.6 Å². The molecule has 0 saturated carbocycles. The van der Waals surface area contributed by atoms with Gasteiger partial charge in [-0.05, 0) is 31.3 Å². The molecule has 3 aromatic rings. The number of aromatic nitrogens is 3. The van der Waals surface area contributed by atoms with E-state index in [1.807, 2.05) is 59.6 Å². The predicted octanol–water partition coefficient (Wildman–Crippen LogP) is 2.52. The number of para-hydroxylation sites is 1. The summed E-state index contributed by atoms with van der Waals surface area (Å²) in [6, 6.07) is 14.1. The summed E-state index contributed by atoms with van der Waals surface area (Å²) < 4.78 is 1.90. The Balaban J connectivity index is 1.67. The Hall–Kier alpha value is -2.99. The second-order valence-electron chi connectivity index (χ2n) is 6.45. The molecule has 4 rings (SSSR count). The van der Waals surface area contributed by atoms with Gasteiger partial charge in [0.25, 0.3) is 0 Å². The zero-order chi connectivity index (χ0) is 17.8. The highest BCUT2D eigenvalue weighted by molar-refractivity contribution is 5.88. The van der Waals surface area contributed by atoms with E-state index in [4.69, 9.17) is 10.2 Å². The molecule has 3 heterocycles. The van der Waals surface area contributed by atoms with E-state index in [0.29, 0.717) is 0 Å². The Bertz CT molecular complexity index is 864. The number of benzene rings is 1. The lowest BCUT2D eigenvalue weighted by atomic mass is 10.1. The number of nitrogens with zero attached hydrogens (tertiary/aromatic N) is 6. The van der Waals surface area contributed by atoms with Gasteiger partial charge in [0.1, 0.15) is 5.69 Å². The highest BCUT2D eigenvalue weighted by atomic mass is 15.5. The number of hydrogen-bond donors (Lipinski definition) is 0. The summed E-state index contributed by atoms with van der Waals surface area (Å²) in [5.41, 5.74) is 3.98. The average Bonchev–Trinajstić information content (AvgIpc) is 3.13. The zero-order valence-electron chi connectivity index (χ0n) is 14.9. The summed E-state index contributed by atoms with van der Waals surface area (Å²) in [4.78, 5) is 6.43. The first kappa shape index (κ1) is 16.5. The van der Waals surface area contributed by atoms with Gasteiger partial charge in [-0.25, -0.2) is 4.68 Å². The summed E-state index contributed by atoms with van der Waals surface area (Å²) in [6.45, 7) is 3.98. The quantitative estimate of drug-likeness (QED) is 0.681. The molecule has 1 saturated heterocycles. The molecule has 1 aliphatic rings. The van der Waals surface area contributed by atoms with E-state index < -0.39 is 0 Å². The summed E-state index contributed by atoms with van der Waals surface area (Å²) in [6.07, 6.45) is 7.54. The lowest BCUT2D eigenvalue weighted by molar-refractivity contribution is 0.159. The number of piperazine rings is 1. The van der Waals surface area contributed by atoms with Gasteiger partial charge in [0, 0.05) is 55.9 Å². The third-order valence-electron chi connectivity index (χ3n) is 4.56. The third-order valence-corrected chi connectivity index (χ3v) is 4.56. The van der Waals surface area contributed by atoms with Crippen LogP contribution in [0.5, 0.6) is 0 Å². The van der Waals surface area contributed by atoms with Gasteiger partial charge < -0.3 is 4.90 Å². The smallest absolute Gasteiger partial charge is 0.102 e. The molecule has 0 spiro atoms. The maximum absolute atomic E-state index is 4.80. The predicted molar refractivity (Wildman–Crippen MR) is 103 cm³/mol. The molecule has 26 heavy (non-hydrogen) atoms. The van der Waals surface area contributed by atoms with Crippen LogP contribution in [0.2, 0.25) is 0 Å². The zero-order valence-corrected chi connectivity index (χ0v) is 14.9. The fraction of sp³-hybridized carbons (Fsp3) is 0.250. The van der Waals surface area contributed by atoms with Crippen LogP contribution in [-0.2, 0) is 0 Å². The Morgan fingerprint density at radius 3 is 2.42 bits per heavy atom. The molecule has 0 radical (unpaired) electrons. The molecule has 1 fully saturated rings. The van der Waals surface area contributed by atoms with Gasteiger partial charge in [-0.3, -0.25) is 9.99 Å². The van der Waals surface area contributed by atoms with Crippen LogP contribution >= 0.6 is 0 Å². The van der Waals surface area contributed by atoms with Crippen LogP contribution in [0.25, 0.3) is 16.9 Å². The number of likely N-dealkylation sites (N-methyl/N-ethyl adjacent to an activating group) is 1. The fourth-order valence-electron chi connectivity index (χ4n) is 2.98. The molecule has 0 amide bonds. The van der Waals surface area contributed by atoms with Crippen molar-refractivity contribution in [3.63, 3.8) is 0 Å². The molecule has 0 unspecified atom stereocenters. The van der Waals surface area contributed by atoms with E-state index in [9.17, 15) is 0 Å². The van der Waals surface area contributed by atoms with Crippen molar-refractivity contribution in [2.45, 2.75) is 0 Å². The van der Waals surface area contributed by atoms with Gasteiger partial charge in [0.2, 0.25) is 0 Å². The molecule has 2 aromatic heterocycles. The summed E-state index contributed by atoms with van der Waals surface area (Å²) in [5, 5.41) is 11.6. The Labute approximate surface area is 153 Å². The average molecular weight is 346 g/mol. The molecule has 1 aliphatic heterocycles. The first-order chi connectivity index (χ1) is 12.8. The lowest BCUT2D eigenvalue weighted by Gasteiger charge is -2.30. The second-order valence-corrected chi connectivity index (χ2v) is 6.45. The van der Waals surface area contributed by atoms with E-state index in [-0.39, 0.29) is 0 Å². The first-order valence-electron chi connectivity index (χ1n) is 8.82. The highest BCUT2D eigenvalue weighted by Crippen LogP contribution is 2.22. The molecular formula is C20H22N6.